The molecule has 1 saturated carbocycles. The third-order valence-electron chi connectivity index (χ3n) is 7.43. The molecule has 0 bridgehead atoms. The topological polar surface area (TPSA) is 32.8 Å². The summed E-state index contributed by atoms with van der Waals surface area (Å²) >= 11 is 0. The second-order valence-electron chi connectivity index (χ2n) is 9.80. The zero-order valence-electron chi connectivity index (χ0n) is 19.7. The number of ether oxygens (including phenoxy) is 1. The molecule has 10 heteroatoms. The molecular formula is C24H32F6N2O2. The first-order valence-corrected chi connectivity index (χ1v) is 11.6. The highest BCUT2D eigenvalue weighted by molar-refractivity contribution is 5.68. The molecule has 192 valence electrons. The predicted octanol–water partition coefficient (Wildman–Crippen LogP) is 6.74. The molecule has 1 aliphatic carbocycles. The second kappa shape index (κ2) is 9.95. The van der Waals surface area contributed by atoms with Crippen LogP contribution in [-0.4, -0.2) is 53.8 Å². The van der Waals surface area contributed by atoms with Gasteiger partial charge in [-0.15, -0.1) is 0 Å². The van der Waals surface area contributed by atoms with Gasteiger partial charge in [0, 0.05) is 25.2 Å². The molecule has 1 aromatic rings. The van der Waals surface area contributed by atoms with Crippen LogP contribution in [0.15, 0.2) is 18.2 Å². The summed E-state index contributed by atoms with van der Waals surface area (Å²) in [5, 5.41) is 0. The standard InChI is InChI=1S/C24H32F6N2O2/c1-16(23(25,26)27)34-21(33)32-12-10-22(2,11-13-32)31(3)15-18-8-9-19(24(28,29)30)14-20(18)17-6-4-5-7-17/h8-9,14,16-17H,4-7,10-13,15H2,1-3H3. The summed E-state index contributed by atoms with van der Waals surface area (Å²) in [5.41, 5.74) is 0.628. The fourth-order valence-corrected chi connectivity index (χ4v) is 4.82. The van der Waals surface area contributed by atoms with Gasteiger partial charge in [0.05, 0.1) is 5.56 Å². The highest BCUT2D eigenvalue weighted by Crippen LogP contribution is 2.40. The molecule has 1 heterocycles. The van der Waals surface area contributed by atoms with Crippen LogP contribution in [0.5, 0.6) is 0 Å². The molecule has 1 unspecified atom stereocenters. The monoisotopic (exact) mass is 494 g/mol. The van der Waals surface area contributed by atoms with Crippen LogP contribution in [0.2, 0.25) is 0 Å². The Balaban J connectivity index is 1.68. The summed E-state index contributed by atoms with van der Waals surface area (Å²) < 4.78 is 82.6. The zero-order chi connectivity index (χ0) is 25.3. The van der Waals surface area contributed by atoms with Crippen LogP contribution in [0.3, 0.4) is 0 Å². The molecule has 4 nitrogen and oxygen atoms in total. The Labute approximate surface area is 196 Å². The van der Waals surface area contributed by atoms with E-state index in [1.54, 1.807) is 6.07 Å². The number of hydrogen-bond acceptors (Lipinski definition) is 3. The molecular weight excluding hydrogens is 462 g/mol. The highest BCUT2D eigenvalue weighted by Gasteiger charge is 2.42. The van der Waals surface area contributed by atoms with Crippen molar-refractivity contribution in [1.82, 2.24) is 9.80 Å². The number of nitrogens with zero attached hydrogens (tertiary/aromatic N) is 2. The number of alkyl halides is 6. The van der Waals surface area contributed by atoms with Gasteiger partial charge in [-0.2, -0.15) is 26.3 Å². The predicted molar refractivity (Wildman–Crippen MR) is 115 cm³/mol. The fourth-order valence-electron chi connectivity index (χ4n) is 4.82. The first kappa shape index (κ1) is 26.6. The van der Waals surface area contributed by atoms with Gasteiger partial charge >= 0.3 is 18.4 Å². The SMILES string of the molecule is CC(OC(=O)N1CCC(C)(N(C)Cc2ccc(C(F)(F)F)cc2C2CCCC2)CC1)C(F)(F)F. The molecule has 1 atom stereocenters. The number of carbonyl (C=O) groups excluding carboxylic acids is 1. The van der Waals surface area contributed by atoms with Crippen molar-refractivity contribution in [3.63, 3.8) is 0 Å². The Hall–Kier alpha value is -1.97. The van der Waals surface area contributed by atoms with E-state index in [0.717, 1.165) is 49.8 Å². The van der Waals surface area contributed by atoms with Crippen molar-refractivity contribution in [2.24, 2.45) is 0 Å². The molecule has 1 amide bonds. The Bertz CT molecular complexity index is 856. The van der Waals surface area contributed by atoms with Crippen LogP contribution >= 0.6 is 0 Å². The van der Waals surface area contributed by atoms with Gasteiger partial charge in [-0.05, 0) is 75.8 Å². The summed E-state index contributed by atoms with van der Waals surface area (Å²) in [6.07, 6.45) is -7.37. The van der Waals surface area contributed by atoms with E-state index in [1.165, 1.54) is 11.0 Å². The van der Waals surface area contributed by atoms with E-state index in [0.29, 0.717) is 19.4 Å². The van der Waals surface area contributed by atoms with E-state index in [2.05, 4.69) is 9.64 Å². The summed E-state index contributed by atoms with van der Waals surface area (Å²) in [6.45, 7) is 3.74. The summed E-state index contributed by atoms with van der Waals surface area (Å²) in [7, 11) is 1.90. The average Bonchev–Trinajstić information content (AvgIpc) is 3.27. The molecule has 3 rings (SSSR count). The van der Waals surface area contributed by atoms with Crippen LogP contribution in [0.1, 0.15) is 75.0 Å². The molecule has 0 radical (unpaired) electrons. The van der Waals surface area contributed by atoms with E-state index >= 15 is 0 Å². The normalized spacial score (nSPS) is 20.6. The largest absolute Gasteiger partial charge is 0.437 e. The van der Waals surface area contributed by atoms with Crippen LogP contribution in [0.25, 0.3) is 0 Å². The lowest BCUT2D eigenvalue weighted by atomic mass is 9.86. The Morgan fingerprint density at radius 2 is 1.74 bits per heavy atom. The van der Waals surface area contributed by atoms with Crippen LogP contribution in [-0.2, 0) is 17.5 Å². The van der Waals surface area contributed by atoms with E-state index in [4.69, 9.17) is 0 Å². The summed E-state index contributed by atoms with van der Waals surface area (Å²) in [4.78, 5) is 15.5. The maximum absolute atomic E-state index is 13.3. The summed E-state index contributed by atoms with van der Waals surface area (Å²) in [6, 6.07) is 3.99. The van der Waals surface area contributed by atoms with Crippen molar-refractivity contribution >= 4 is 6.09 Å². The zero-order valence-corrected chi connectivity index (χ0v) is 19.7. The third kappa shape index (κ3) is 6.17. The van der Waals surface area contributed by atoms with E-state index in [-0.39, 0.29) is 24.5 Å². The fraction of sp³-hybridized carbons (Fsp3) is 0.708. The molecule has 1 aliphatic heterocycles. The van der Waals surface area contributed by atoms with Gasteiger partial charge in [-0.1, -0.05) is 18.9 Å². The van der Waals surface area contributed by atoms with Gasteiger partial charge in [-0.25, -0.2) is 4.79 Å². The van der Waals surface area contributed by atoms with E-state index in [9.17, 15) is 31.1 Å². The van der Waals surface area contributed by atoms with Crippen LogP contribution in [0, 0.1) is 0 Å². The summed E-state index contributed by atoms with van der Waals surface area (Å²) in [5.74, 6) is 0.116. The maximum atomic E-state index is 13.3. The highest BCUT2D eigenvalue weighted by atomic mass is 19.4. The second-order valence-corrected chi connectivity index (χ2v) is 9.80. The maximum Gasteiger partial charge on any atom is 0.425 e. The molecule has 0 spiro atoms. The number of benzene rings is 1. The Morgan fingerprint density at radius 3 is 2.26 bits per heavy atom. The molecule has 2 fully saturated rings. The number of likely N-dealkylation sites (tertiary alicyclic amines) is 1. The molecule has 2 aliphatic rings. The third-order valence-corrected chi connectivity index (χ3v) is 7.43. The molecule has 1 saturated heterocycles. The lowest BCUT2D eigenvalue weighted by Crippen LogP contribution is -2.53. The van der Waals surface area contributed by atoms with Crippen LogP contribution < -0.4 is 0 Å². The van der Waals surface area contributed by atoms with Crippen LogP contribution in [0.4, 0.5) is 31.1 Å². The van der Waals surface area contributed by atoms with Gasteiger partial charge in [0.1, 0.15) is 0 Å². The van der Waals surface area contributed by atoms with Crippen molar-refractivity contribution in [3.8, 4) is 0 Å². The molecule has 0 N–H and O–H groups in total. The minimum atomic E-state index is -4.61. The first-order chi connectivity index (χ1) is 15.7. The van der Waals surface area contributed by atoms with Gasteiger partial charge in [0.15, 0.2) is 6.10 Å². The Kier molecular flexibility index (Phi) is 7.79. The number of hydrogen-bond donors (Lipinski definition) is 0. The lowest BCUT2D eigenvalue weighted by molar-refractivity contribution is -0.200. The lowest BCUT2D eigenvalue weighted by Gasteiger charge is -2.45. The van der Waals surface area contributed by atoms with Gasteiger partial charge in [0.2, 0.25) is 0 Å². The quantitative estimate of drug-likeness (QED) is 0.425. The van der Waals surface area contributed by atoms with Gasteiger partial charge in [-0.3, -0.25) is 4.90 Å². The van der Waals surface area contributed by atoms with Crippen molar-refractivity contribution < 1.29 is 35.9 Å². The average molecular weight is 495 g/mol. The minimum Gasteiger partial charge on any atom is -0.437 e. The molecule has 34 heavy (non-hydrogen) atoms. The number of amides is 1. The van der Waals surface area contributed by atoms with Gasteiger partial charge in [0.25, 0.3) is 0 Å². The van der Waals surface area contributed by atoms with Crippen molar-refractivity contribution in [1.29, 1.82) is 0 Å². The van der Waals surface area contributed by atoms with Crippen molar-refractivity contribution in [3.05, 3.63) is 34.9 Å². The number of halogens is 6. The minimum absolute atomic E-state index is 0.116. The van der Waals surface area contributed by atoms with E-state index < -0.39 is 30.1 Å². The number of rotatable bonds is 5. The van der Waals surface area contributed by atoms with Crippen molar-refractivity contribution in [2.45, 2.75) is 88.8 Å². The number of piperidine rings is 1. The number of carbonyl (C=O) groups is 1. The van der Waals surface area contributed by atoms with Crippen molar-refractivity contribution in [2.75, 3.05) is 20.1 Å². The molecule has 0 aromatic heterocycles. The van der Waals surface area contributed by atoms with Gasteiger partial charge < -0.3 is 9.64 Å². The van der Waals surface area contributed by atoms with E-state index in [1.807, 2.05) is 14.0 Å². The Morgan fingerprint density at radius 1 is 1.15 bits per heavy atom. The molecule has 1 aromatic carbocycles. The smallest absolute Gasteiger partial charge is 0.425 e. The first-order valence-electron chi connectivity index (χ1n) is 11.6.